The molecule has 0 saturated heterocycles. The SMILES string of the molecule is CC1(C)CCC(NC2CCCCC2)(C(N)=O)C1. The summed E-state index contributed by atoms with van der Waals surface area (Å²) < 4.78 is 0. The normalized spacial score (nSPS) is 33.8. The molecule has 3 N–H and O–H groups in total. The van der Waals surface area contributed by atoms with Gasteiger partial charge in [0.15, 0.2) is 0 Å². The second kappa shape index (κ2) is 4.60. The fourth-order valence-electron chi connectivity index (χ4n) is 3.59. The molecule has 3 heteroatoms. The zero-order valence-corrected chi connectivity index (χ0v) is 11.2. The van der Waals surface area contributed by atoms with Crippen LogP contribution in [0.2, 0.25) is 0 Å². The van der Waals surface area contributed by atoms with Crippen molar-refractivity contribution < 1.29 is 4.79 Å². The largest absolute Gasteiger partial charge is 0.368 e. The number of primary amides is 1. The topological polar surface area (TPSA) is 55.1 Å². The zero-order valence-electron chi connectivity index (χ0n) is 11.2. The first-order valence-corrected chi connectivity index (χ1v) is 7.01. The lowest BCUT2D eigenvalue weighted by Crippen LogP contribution is -2.57. The number of carbonyl (C=O) groups is 1. The van der Waals surface area contributed by atoms with Gasteiger partial charge in [-0.2, -0.15) is 0 Å². The van der Waals surface area contributed by atoms with Gasteiger partial charge in [-0.3, -0.25) is 4.79 Å². The molecule has 0 aromatic heterocycles. The summed E-state index contributed by atoms with van der Waals surface area (Å²) in [4.78, 5) is 11.8. The summed E-state index contributed by atoms with van der Waals surface area (Å²) in [5.74, 6) is -0.145. The number of nitrogens with one attached hydrogen (secondary N) is 1. The van der Waals surface area contributed by atoms with Crippen LogP contribution in [0.4, 0.5) is 0 Å². The number of rotatable bonds is 3. The minimum absolute atomic E-state index is 0.145. The molecule has 0 aromatic rings. The Morgan fingerprint density at radius 1 is 1.18 bits per heavy atom. The molecular formula is C14H26N2O. The van der Waals surface area contributed by atoms with Gasteiger partial charge in [-0.1, -0.05) is 33.1 Å². The van der Waals surface area contributed by atoms with Crippen LogP contribution in [-0.2, 0) is 4.79 Å². The van der Waals surface area contributed by atoms with E-state index in [1.54, 1.807) is 0 Å². The highest BCUT2D eigenvalue weighted by Crippen LogP contribution is 2.44. The Morgan fingerprint density at radius 2 is 1.82 bits per heavy atom. The maximum absolute atomic E-state index is 11.8. The Labute approximate surface area is 105 Å². The Hall–Kier alpha value is -0.570. The monoisotopic (exact) mass is 238 g/mol. The first-order chi connectivity index (χ1) is 7.94. The van der Waals surface area contributed by atoms with E-state index in [0.717, 1.165) is 19.3 Å². The predicted octanol–water partition coefficient (Wildman–Crippen LogP) is 2.34. The first-order valence-electron chi connectivity index (χ1n) is 7.01. The third-order valence-electron chi connectivity index (χ3n) is 4.57. The van der Waals surface area contributed by atoms with Gasteiger partial charge in [-0.25, -0.2) is 0 Å². The number of carbonyl (C=O) groups excluding carboxylic acids is 1. The van der Waals surface area contributed by atoms with E-state index in [-0.39, 0.29) is 11.3 Å². The van der Waals surface area contributed by atoms with E-state index in [9.17, 15) is 4.79 Å². The van der Waals surface area contributed by atoms with Crippen molar-refractivity contribution in [3.05, 3.63) is 0 Å². The molecule has 2 fully saturated rings. The fraction of sp³-hybridized carbons (Fsp3) is 0.929. The van der Waals surface area contributed by atoms with Gasteiger partial charge in [-0.15, -0.1) is 0 Å². The third-order valence-corrected chi connectivity index (χ3v) is 4.57. The van der Waals surface area contributed by atoms with Crippen LogP contribution in [0.3, 0.4) is 0 Å². The van der Waals surface area contributed by atoms with Gasteiger partial charge in [0.2, 0.25) is 5.91 Å². The second-order valence-electron chi connectivity index (χ2n) is 6.77. The first kappa shape index (κ1) is 12.9. The molecule has 0 spiro atoms. The lowest BCUT2D eigenvalue weighted by Gasteiger charge is -2.35. The lowest BCUT2D eigenvalue weighted by molar-refractivity contribution is -0.125. The van der Waals surface area contributed by atoms with Crippen molar-refractivity contribution in [1.29, 1.82) is 0 Å². The van der Waals surface area contributed by atoms with Gasteiger partial charge < -0.3 is 11.1 Å². The molecule has 0 bridgehead atoms. The number of nitrogens with two attached hydrogens (primary N) is 1. The van der Waals surface area contributed by atoms with Crippen molar-refractivity contribution in [2.75, 3.05) is 0 Å². The van der Waals surface area contributed by atoms with E-state index >= 15 is 0 Å². The molecule has 2 aliphatic carbocycles. The Balaban J connectivity index is 2.05. The van der Waals surface area contributed by atoms with Crippen molar-refractivity contribution in [3.63, 3.8) is 0 Å². The maximum Gasteiger partial charge on any atom is 0.237 e. The average Bonchev–Trinajstić information content (AvgIpc) is 2.57. The summed E-state index contributed by atoms with van der Waals surface area (Å²) in [6, 6.07) is 0.505. The van der Waals surface area contributed by atoms with Crippen molar-refractivity contribution in [3.8, 4) is 0 Å². The highest BCUT2D eigenvalue weighted by molar-refractivity contribution is 5.85. The summed E-state index contributed by atoms with van der Waals surface area (Å²) >= 11 is 0. The van der Waals surface area contributed by atoms with Crippen LogP contribution >= 0.6 is 0 Å². The molecule has 2 rings (SSSR count). The van der Waals surface area contributed by atoms with E-state index in [1.807, 2.05) is 0 Å². The Morgan fingerprint density at radius 3 is 2.29 bits per heavy atom. The summed E-state index contributed by atoms with van der Waals surface area (Å²) in [6.45, 7) is 4.47. The lowest BCUT2D eigenvalue weighted by atomic mass is 9.85. The van der Waals surface area contributed by atoms with Gasteiger partial charge in [0, 0.05) is 6.04 Å². The van der Waals surface area contributed by atoms with Crippen LogP contribution in [0, 0.1) is 5.41 Å². The molecule has 0 radical (unpaired) electrons. The van der Waals surface area contributed by atoms with E-state index in [4.69, 9.17) is 5.73 Å². The summed E-state index contributed by atoms with van der Waals surface area (Å²) in [5, 5.41) is 3.61. The summed E-state index contributed by atoms with van der Waals surface area (Å²) in [6.07, 6.45) is 9.22. The second-order valence-corrected chi connectivity index (χ2v) is 6.77. The smallest absolute Gasteiger partial charge is 0.237 e. The van der Waals surface area contributed by atoms with Gasteiger partial charge in [0.25, 0.3) is 0 Å². The molecular weight excluding hydrogens is 212 g/mol. The van der Waals surface area contributed by atoms with Crippen LogP contribution in [0.1, 0.15) is 65.2 Å². The van der Waals surface area contributed by atoms with Crippen LogP contribution in [0.25, 0.3) is 0 Å². The van der Waals surface area contributed by atoms with Gasteiger partial charge >= 0.3 is 0 Å². The van der Waals surface area contributed by atoms with E-state index in [0.29, 0.717) is 6.04 Å². The van der Waals surface area contributed by atoms with Crippen LogP contribution < -0.4 is 11.1 Å². The molecule has 1 unspecified atom stereocenters. The van der Waals surface area contributed by atoms with E-state index in [2.05, 4.69) is 19.2 Å². The van der Waals surface area contributed by atoms with E-state index < -0.39 is 5.54 Å². The quantitative estimate of drug-likeness (QED) is 0.793. The van der Waals surface area contributed by atoms with Crippen molar-refractivity contribution in [2.45, 2.75) is 76.8 Å². The fourth-order valence-corrected chi connectivity index (χ4v) is 3.59. The summed E-state index contributed by atoms with van der Waals surface area (Å²) in [5.41, 5.74) is 5.49. The Kier molecular flexibility index (Phi) is 3.48. The predicted molar refractivity (Wildman–Crippen MR) is 69.6 cm³/mol. The third kappa shape index (κ3) is 2.82. The number of hydrogen-bond acceptors (Lipinski definition) is 2. The van der Waals surface area contributed by atoms with Crippen molar-refractivity contribution in [2.24, 2.45) is 11.1 Å². The van der Waals surface area contributed by atoms with Gasteiger partial charge in [0.1, 0.15) is 0 Å². The molecule has 1 atom stereocenters. The molecule has 0 aliphatic heterocycles. The minimum atomic E-state index is -0.425. The van der Waals surface area contributed by atoms with Crippen LogP contribution in [-0.4, -0.2) is 17.5 Å². The molecule has 17 heavy (non-hydrogen) atoms. The van der Waals surface area contributed by atoms with Crippen molar-refractivity contribution in [1.82, 2.24) is 5.32 Å². The average molecular weight is 238 g/mol. The van der Waals surface area contributed by atoms with Gasteiger partial charge in [-0.05, 0) is 37.5 Å². The molecule has 98 valence electrons. The molecule has 2 aliphatic rings. The molecule has 0 aromatic carbocycles. The molecule has 2 saturated carbocycles. The summed E-state index contributed by atoms with van der Waals surface area (Å²) in [7, 11) is 0. The Bertz CT molecular complexity index is 295. The highest BCUT2D eigenvalue weighted by Gasteiger charge is 2.48. The zero-order chi connectivity index (χ0) is 12.5. The standard InChI is InChI=1S/C14H26N2O/c1-13(2)8-9-14(10-13,12(15)17)16-11-6-4-3-5-7-11/h11,16H,3-10H2,1-2H3,(H2,15,17). The van der Waals surface area contributed by atoms with Crippen molar-refractivity contribution >= 4 is 5.91 Å². The molecule has 1 amide bonds. The van der Waals surface area contributed by atoms with Crippen LogP contribution in [0.15, 0.2) is 0 Å². The number of amides is 1. The minimum Gasteiger partial charge on any atom is -0.368 e. The molecule has 0 heterocycles. The maximum atomic E-state index is 11.8. The van der Waals surface area contributed by atoms with Gasteiger partial charge in [0.05, 0.1) is 5.54 Å². The van der Waals surface area contributed by atoms with E-state index in [1.165, 1.54) is 32.1 Å². The van der Waals surface area contributed by atoms with Crippen LogP contribution in [0.5, 0.6) is 0 Å². The highest BCUT2D eigenvalue weighted by atomic mass is 16.1. The number of hydrogen-bond donors (Lipinski definition) is 2. The molecule has 3 nitrogen and oxygen atoms in total.